The summed E-state index contributed by atoms with van der Waals surface area (Å²) in [6.45, 7) is 4.53. The molecule has 0 aromatic heterocycles. The van der Waals surface area contributed by atoms with Crippen molar-refractivity contribution in [1.29, 1.82) is 0 Å². The maximum absolute atomic E-state index is 12.7. The molecule has 2 amide bonds. The number of hydrogen-bond acceptors (Lipinski definition) is 3. The van der Waals surface area contributed by atoms with E-state index < -0.39 is 0 Å². The van der Waals surface area contributed by atoms with E-state index in [1.165, 1.54) is 24.8 Å². The monoisotopic (exact) mass is 330 g/mol. The maximum atomic E-state index is 12.7. The molecule has 2 aliphatic heterocycles. The van der Waals surface area contributed by atoms with Crippen LogP contribution in [0.5, 0.6) is 0 Å². The van der Waals surface area contributed by atoms with Gasteiger partial charge in [0.1, 0.15) is 5.60 Å². The molecule has 2 heterocycles. The fraction of sp³-hybridized carbons (Fsp3) is 0.632. The molecule has 1 aromatic carbocycles. The van der Waals surface area contributed by atoms with E-state index >= 15 is 0 Å². The molecule has 1 N–H and O–H groups in total. The number of hydrogen-bond donors (Lipinski definition) is 1. The van der Waals surface area contributed by atoms with E-state index in [0.717, 1.165) is 18.0 Å². The van der Waals surface area contributed by atoms with E-state index in [-0.39, 0.29) is 17.7 Å². The normalized spacial score (nSPS) is 30.4. The third-order valence-corrected chi connectivity index (χ3v) is 5.50. The zero-order valence-electron chi connectivity index (χ0n) is 14.3. The summed E-state index contributed by atoms with van der Waals surface area (Å²) < 4.78 is 11.6. The molecule has 5 heteroatoms. The SMILES string of the molecule is C[C@@H]1CN(C(=O)Nc2ccc(C3CCC3)cc2)C[C@@]2(CCOC2)O1. The fourth-order valence-electron chi connectivity index (χ4n) is 3.97. The molecule has 5 nitrogen and oxygen atoms in total. The largest absolute Gasteiger partial charge is 0.378 e. The van der Waals surface area contributed by atoms with Gasteiger partial charge in [-0.15, -0.1) is 0 Å². The summed E-state index contributed by atoms with van der Waals surface area (Å²) in [5, 5.41) is 3.03. The fourth-order valence-corrected chi connectivity index (χ4v) is 3.97. The van der Waals surface area contributed by atoms with Crippen LogP contribution in [-0.2, 0) is 9.47 Å². The van der Waals surface area contributed by atoms with Gasteiger partial charge in [-0.3, -0.25) is 0 Å². The Balaban J connectivity index is 1.39. The molecule has 4 rings (SSSR count). The first-order valence-corrected chi connectivity index (χ1v) is 9.05. The lowest BCUT2D eigenvalue weighted by Gasteiger charge is -2.42. The lowest BCUT2D eigenvalue weighted by molar-refractivity contribution is -0.136. The average Bonchev–Trinajstić information content (AvgIpc) is 2.94. The van der Waals surface area contributed by atoms with Gasteiger partial charge in [-0.1, -0.05) is 18.6 Å². The molecule has 1 aliphatic carbocycles. The van der Waals surface area contributed by atoms with Crippen molar-refractivity contribution in [3.63, 3.8) is 0 Å². The van der Waals surface area contributed by atoms with Gasteiger partial charge in [-0.05, 0) is 43.4 Å². The topological polar surface area (TPSA) is 50.8 Å². The highest BCUT2D eigenvalue weighted by atomic mass is 16.6. The second kappa shape index (κ2) is 6.37. The predicted octanol–water partition coefficient (Wildman–Crippen LogP) is 3.37. The highest BCUT2D eigenvalue weighted by Crippen LogP contribution is 2.36. The van der Waals surface area contributed by atoms with E-state index in [4.69, 9.17) is 9.47 Å². The Hall–Kier alpha value is -1.59. The van der Waals surface area contributed by atoms with Crippen LogP contribution >= 0.6 is 0 Å². The number of carbonyl (C=O) groups excluding carboxylic acids is 1. The Labute approximate surface area is 143 Å². The van der Waals surface area contributed by atoms with Crippen LogP contribution in [0, 0.1) is 0 Å². The summed E-state index contributed by atoms with van der Waals surface area (Å²) in [6.07, 6.45) is 4.82. The molecule has 1 saturated carbocycles. The lowest BCUT2D eigenvalue weighted by Crippen LogP contribution is -2.57. The van der Waals surface area contributed by atoms with E-state index in [1.807, 2.05) is 24.0 Å². The van der Waals surface area contributed by atoms with Crippen molar-refractivity contribution < 1.29 is 14.3 Å². The Kier molecular flexibility index (Phi) is 4.22. The summed E-state index contributed by atoms with van der Waals surface area (Å²) in [7, 11) is 0. The molecule has 0 unspecified atom stereocenters. The van der Waals surface area contributed by atoms with E-state index in [0.29, 0.717) is 26.3 Å². The highest BCUT2D eigenvalue weighted by molar-refractivity contribution is 5.89. The molecule has 3 aliphatic rings. The smallest absolute Gasteiger partial charge is 0.322 e. The predicted molar refractivity (Wildman–Crippen MR) is 92.3 cm³/mol. The standard InChI is InChI=1S/C19H26N2O3/c1-14-11-21(12-19(24-14)9-10-23-13-19)18(22)20-17-7-5-16(6-8-17)15-3-2-4-15/h5-8,14-15H,2-4,9-13H2,1H3,(H,20,22)/t14-,19-/m1/s1. The van der Waals surface area contributed by atoms with E-state index in [1.54, 1.807) is 0 Å². The van der Waals surface area contributed by atoms with Crippen LogP contribution < -0.4 is 5.32 Å². The first-order chi connectivity index (χ1) is 11.6. The van der Waals surface area contributed by atoms with Gasteiger partial charge in [0.2, 0.25) is 0 Å². The Morgan fingerprint density at radius 3 is 2.71 bits per heavy atom. The Morgan fingerprint density at radius 1 is 1.29 bits per heavy atom. The molecular formula is C19H26N2O3. The summed E-state index contributed by atoms with van der Waals surface area (Å²) in [5.74, 6) is 0.720. The van der Waals surface area contributed by atoms with Gasteiger partial charge in [0.15, 0.2) is 0 Å². The summed E-state index contributed by atoms with van der Waals surface area (Å²) >= 11 is 0. The number of ether oxygens (including phenoxy) is 2. The molecule has 0 radical (unpaired) electrons. The van der Waals surface area contributed by atoms with Crippen molar-refractivity contribution in [1.82, 2.24) is 4.90 Å². The maximum Gasteiger partial charge on any atom is 0.322 e. The summed E-state index contributed by atoms with van der Waals surface area (Å²) in [4.78, 5) is 14.5. The van der Waals surface area contributed by atoms with E-state index in [2.05, 4.69) is 17.4 Å². The third kappa shape index (κ3) is 3.15. The summed E-state index contributed by atoms with van der Waals surface area (Å²) in [6, 6.07) is 8.28. The van der Waals surface area contributed by atoms with Gasteiger partial charge in [0.25, 0.3) is 0 Å². The van der Waals surface area contributed by atoms with Gasteiger partial charge in [-0.2, -0.15) is 0 Å². The van der Waals surface area contributed by atoms with Gasteiger partial charge in [-0.25, -0.2) is 4.79 Å². The minimum atomic E-state index is -0.316. The Morgan fingerprint density at radius 2 is 2.08 bits per heavy atom. The number of amides is 2. The molecule has 130 valence electrons. The molecule has 0 bridgehead atoms. The van der Waals surface area contributed by atoms with Crippen molar-refractivity contribution in [3.05, 3.63) is 29.8 Å². The second-order valence-corrected chi connectivity index (χ2v) is 7.47. The molecule has 3 fully saturated rings. The molecule has 24 heavy (non-hydrogen) atoms. The molecule has 1 spiro atoms. The highest BCUT2D eigenvalue weighted by Gasteiger charge is 2.44. The molecular weight excluding hydrogens is 304 g/mol. The van der Waals surface area contributed by atoms with Crippen molar-refractivity contribution in [2.75, 3.05) is 31.6 Å². The van der Waals surface area contributed by atoms with Crippen LogP contribution in [0.4, 0.5) is 10.5 Å². The zero-order chi connectivity index (χ0) is 16.6. The van der Waals surface area contributed by atoms with Crippen LogP contribution in [-0.4, -0.2) is 48.9 Å². The number of benzene rings is 1. The zero-order valence-corrected chi connectivity index (χ0v) is 14.3. The number of morpholine rings is 1. The number of urea groups is 1. The van der Waals surface area contributed by atoms with Gasteiger partial charge in [0.05, 0.1) is 19.3 Å². The molecule has 1 aromatic rings. The lowest BCUT2D eigenvalue weighted by atomic mass is 9.80. The minimum absolute atomic E-state index is 0.0344. The van der Waals surface area contributed by atoms with Crippen LogP contribution in [0.2, 0.25) is 0 Å². The molecule has 2 atom stereocenters. The molecule has 2 saturated heterocycles. The second-order valence-electron chi connectivity index (χ2n) is 7.47. The van der Waals surface area contributed by atoms with Gasteiger partial charge < -0.3 is 19.7 Å². The average molecular weight is 330 g/mol. The Bertz CT molecular complexity index is 591. The number of nitrogens with zero attached hydrogens (tertiary/aromatic N) is 1. The first-order valence-electron chi connectivity index (χ1n) is 9.05. The van der Waals surface area contributed by atoms with Crippen molar-refractivity contribution in [2.24, 2.45) is 0 Å². The summed E-state index contributed by atoms with van der Waals surface area (Å²) in [5.41, 5.74) is 1.93. The van der Waals surface area contributed by atoms with E-state index in [9.17, 15) is 4.79 Å². The van der Waals surface area contributed by atoms with Gasteiger partial charge >= 0.3 is 6.03 Å². The first kappa shape index (κ1) is 15.9. The number of rotatable bonds is 2. The minimum Gasteiger partial charge on any atom is -0.378 e. The van der Waals surface area contributed by atoms with Crippen LogP contribution in [0.1, 0.15) is 44.1 Å². The van der Waals surface area contributed by atoms with Crippen molar-refractivity contribution in [3.8, 4) is 0 Å². The number of carbonyl (C=O) groups is 1. The van der Waals surface area contributed by atoms with Crippen LogP contribution in [0.3, 0.4) is 0 Å². The van der Waals surface area contributed by atoms with Crippen molar-refractivity contribution in [2.45, 2.75) is 50.2 Å². The quantitative estimate of drug-likeness (QED) is 0.904. The number of nitrogens with one attached hydrogen (secondary N) is 1. The van der Waals surface area contributed by atoms with Crippen molar-refractivity contribution >= 4 is 11.7 Å². The third-order valence-electron chi connectivity index (χ3n) is 5.50. The van der Waals surface area contributed by atoms with Crippen LogP contribution in [0.15, 0.2) is 24.3 Å². The van der Waals surface area contributed by atoms with Gasteiger partial charge in [0, 0.05) is 25.3 Å². The van der Waals surface area contributed by atoms with Crippen LogP contribution in [0.25, 0.3) is 0 Å². The number of anilines is 1.